The van der Waals surface area contributed by atoms with Crippen molar-refractivity contribution in [1.29, 1.82) is 0 Å². The van der Waals surface area contributed by atoms with Crippen LogP contribution >= 0.6 is 0 Å². The van der Waals surface area contributed by atoms with Crippen molar-refractivity contribution in [2.24, 2.45) is 5.73 Å². The summed E-state index contributed by atoms with van der Waals surface area (Å²) >= 11 is 0. The quantitative estimate of drug-likeness (QED) is 0.725. The van der Waals surface area contributed by atoms with E-state index in [1.807, 2.05) is 0 Å². The highest BCUT2D eigenvalue weighted by atomic mass is 16.4. The number of aromatic carboxylic acids is 1. The number of benzene rings is 1. The van der Waals surface area contributed by atoms with E-state index in [1.165, 1.54) is 24.3 Å². The van der Waals surface area contributed by atoms with Gasteiger partial charge in [-0.2, -0.15) is 0 Å². The maximum absolute atomic E-state index is 11.1. The summed E-state index contributed by atoms with van der Waals surface area (Å²) in [7, 11) is 0. The van der Waals surface area contributed by atoms with E-state index >= 15 is 0 Å². The highest BCUT2D eigenvalue weighted by molar-refractivity contribution is 5.99. The van der Waals surface area contributed by atoms with Gasteiger partial charge in [0, 0.05) is 5.56 Å². The standard InChI is InChI=1S/C11H11NO3/c1-2-4-7-8(10(12)13)5-3-6-9(7)11(14)15/h2-3,5-6H,1,4H2,(H2,12,13)(H,14,15). The molecule has 0 saturated heterocycles. The van der Waals surface area contributed by atoms with E-state index in [-0.39, 0.29) is 11.1 Å². The van der Waals surface area contributed by atoms with Crippen LogP contribution in [0.4, 0.5) is 0 Å². The molecule has 1 aromatic rings. The van der Waals surface area contributed by atoms with Crippen molar-refractivity contribution in [2.45, 2.75) is 6.42 Å². The van der Waals surface area contributed by atoms with Crippen LogP contribution in [-0.4, -0.2) is 17.0 Å². The summed E-state index contributed by atoms with van der Waals surface area (Å²) in [5.74, 6) is -1.70. The Hall–Kier alpha value is -2.10. The maximum atomic E-state index is 11.1. The minimum atomic E-state index is -1.07. The summed E-state index contributed by atoms with van der Waals surface area (Å²) in [4.78, 5) is 22.0. The normalized spacial score (nSPS) is 9.60. The van der Waals surface area contributed by atoms with Crippen molar-refractivity contribution < 1.29 is 14.7 Å². The number of rotatable bonds is 4. The molecule has 4 nitrogen and oxygen atoms in total. The van der Waals surface area contributed by atoms with Crippen LogP contribution in [0.15, 0.2) is 30.9 Å². The van der Waals surface area contributed by atoms with Gasteiger partial charge in [0.15, 0.2) is 0 Å². The first-order valence-corrected chi connectivity index (χ1v) is 4.33. The molecule has 0 aliphatic carbocycles. The van der Waals surface area contributed by atoms with Crippen LogP contribution in [0.1, 0.15) is 26.3 Å². The summed E-state index contributed by atoms with van der Waals surface area (Å²) in [5, 5.41) is 8.91. The molecule has 1 rings (SSSR count). The Labute approximate surface area is 87.0 Å². The van der Waals surface area contributed by atoms with Crippen molar-refractivity contribution in [3.8, 4) is 0 Å². The lowest BCUT2D eigenvalue weighted by Crippen LogP contribution is -2.16. The van der Waals surface area contributed by atoms with Gasteiger partial charge < -0.3 is 10.8 Å². The molecule has 15 heavy (non-hydrogen) atoms. The van der Waals surface area contributed by atoms with Gasteiger partial charge in [-0.05, 0) is 24.1 Å². The zero-order chi connectivity index (χ0) is 11.4. The molecule has 0 fully saturated rings. The predicted octanol–water partition coefficient (Wildman–Crippen LogP) is 1.21. The van der Waals surface area contributed by atoms with Gasteiger partial charge >= 0.3 is 5.97 Å². The summed E-state index contributed by atoms with van der Waals surface area (Å²) in [6, 6.07) is 4.44. The molecule has 0 atom stereocenters. The average Bonchev–Trinajstić information content (AvgIpc) is 2.17. The van der Waals surface area contributed by atoms with E-state index in [2.05, 4.69) is 6.58 Å². The van der Waals surface area contributed by atoms with Crippen LogP contribution < -0.4 is 5.73 Å². The fourth-order valence-corrected chi connectivity index (χ4v) is 1.38. The molecule has 0 aliphatic rings. The lowest BCUT2D eigenvalue weighted by Gasteiger charge is -2.07. The maximum Gasteiger partial charge on any atom is 0.335 e. The summed E-state index contributed by atoms with van der Waals surface area (Å²) in [5.41, 5.74) is 5.88. The summed E-state index contributed by atoms with van der Waals surface area (Å²) in [6.07, 6.45) is 1.84. The molecule has 1 aromatic carbocycles. The average molecular weight is 205 g/mol. The Morgan fingerprint density at radius 2 is 2.00 bits per heavy atom. The fourth-order valence-electron chi connectivity index (χ4n) is 1.38. The third-order valence-corrected chi connectivity index (χ3v) is 2.02. The van der Waals surface area contributed by atoms with Crippen molar-refractivity contribution in [1.82, 2.24) is 0 Å². The van der Waals surface area contributed by atoms with E-state index in [9.17, 15) is 9.59 Å². The molecule has 3 N–H and O–H groups in total. The van der Waals surface area contributed by atoms with Crippen LogP contribution in [0, 0.1) is 0 Å². The molecule has 0 unspecified atom stereocenters. The number of carbonyl (C=O) groups is 2. The monoisotopic (exact) mass is 205 g/mol. The number of carboxylic acid groups (broad SMARTS) is 1. The van der Waals surface area contributed by atoms with Crippen LogP contribution in [0.3, 0.4) is 0 Å². The first-order valence-electron chi connectivity index (χ1n) is 4.33. The molecular weight excluding hydrogens is 194 g/mol. The SMILES string of the molecule is C=CCc1c(C(N)=O)cccc1C(=O)O. The minimum absolute atomic E-state index is 0.0891. The number of amides is 1. The van der Waals surface area contributed by atoms with Gasteiger partial charge in [-0.25, -0.2) is 4.79 Å². The highest BCUT2D eigenvalue weighted by Crippen LogP contribution is 2.16. The van der Waals surface area contributed by atoms with Crippen molar-refractivity contribution in [2.75, 3.05) is 0 Å². The third-order valence-electron chi connectivity index (χ3n) is 2.02. The van der Waals surface area contributed by atoms with Crippen LogP contribution in [-0.2, 0) is 6.42 Å². The largest absolute Gasteiger partial charge is 0.478 e. The Balaban J connectivity index is 3.40. The zero-order valence-corrected chi connectivity index (χ0v) is 8.06. The number of hydrogen-bond donors (Lipinski definition) is 2. The van der Waals surface area contributed by atoms with Gasteiger partial charge in [-0.3, -0.25) is 4.79 Å². The molecule has 0 aliphatic heterocycles. The molecular formula is C11H11NO3. The lowest BCUT2D eigenvalue weighted by molar-refractivity contribution is 0.0696. The molecule has 1 amide bonds. The zero-order valence-electron chi connectivity index (χ0n) is 8.06. The van der Waals surface area contributed by atoms with Crippen molar-refractivity contribution in [3.63, 3.8) is 0 Å². The van der Waals surface area contributed by atoms with Gasteiger partial charge in [-0.15, -0.1) is 6.58 Å². The van der Waals surface area contributed by atoms with E-state index in [0.29, 0.717) is 12.0 Å². The first-order chi connectivity index (χ1) is 7.07. The molecule has 0 radical (unpaired) electrons. The Kier molecular flexibility index (Phi) is 3.23. The number of primary amides is 1. The molecule has 0 saturated carbocycles. The number of nitrogens with two attached hydrogens (primary N) is 1. The number of carbonyl (C=O) groups excluding carboxylic acids is 1. The number of hydrogen-bond acceptors (Lipinski definition) is 2. The van der Waals surface area contributed by atoms with Crippen LogP contribution in [0.2, 0.25) is 0 Å². The number of allylic oxidation sites excluding steroid dienone is 1. The second kappa shape index (κ2) is 4.41. The van der Waals surface area contributed by atoms with E-state index in [1.54, 1.807) is 0 Å². The smallest absolute Gasteiger partial charge is 0.335 e. The van der Waals surface area contributed by atoms with Crippen LogP contribution in [0.25, 0.3) is 0 Å². The minimum Gasteiger partial charge on any atom is -0.478 e. The molecule has 78 valence electrons. The molecule has 0 aromatic heterocycles. The Morgan fingerprint density at radius 3 is 2.47 bits per heavy atom. The van der Waals surface area contributed by atoms with Gasteiger partial charge in [0.2, 0.25) is 5.91 Å². The van der Waals surface area contributed by atoms with Crippen molar-refractivity contribution in [3.05, 3.63) is 47.5 Å². The topological polar surface area (TPSA) is 80.4 Å². The van der Waals surface area contributed by atoms with E-state index < -0.39 is 11.9 Å². The van der Waals surface area contributed by atoms with Crippen LogP contribution in [0.5, 0.6) is 0 Å². The van der Waals surface area contributed by atoms with E-state index in [4.69, 9.17) is 10.8 Å². The Morgan fingerprint density at radius 1 is 1.40 bits per heavy atom. The fraction of sp³-hybridized carbons (Fsp3) is 0.0909. The van der Waals surface area contributed by atoms with E-state index in [0.717, 1.165) is 0 Å². The molecule has 4 heteroatoms. The van der Waals surface area contributed by atoms with Crippen molar-refractivity contribution >= 4 is 11.9 Å². The molecule has 0 heterocycles. The molecule has 0 bridgehead atoms. The molecule has 0 spiro atoms. The van der Waals surface area contributed by atoms with Gasteiger partial charge in [0.05, 0.1) is 5.56 Å². The first kappa shape index (κ1) is 11.0. The number of carboxylic acids is 1. The lowest BCUT2D eigenvalue weighted by atomic mass is 9.98. The second-order valence-electron chi connectivity index (χ2n) is 2.99. The third kappa shape index (κ3) is 2.22. The summed E-state index contributed by atoms with van der Waals surface area (Å²) < 4.78 is 0. The summed E-state index contributed by atoms with van der Waals surface area (Å²) in [6.45, 7) is 3.51. The van der Waals surface area contributed by atoms with Gasteiger partial charge in [-0.1, -0.05) is 12.1 Å². The Bertz CT molecular complexity index is 392. The highest BCUT2D eigenvalue weighted by Gasteiger charge is 2.15. The second-order valence-corrected chi connectivity index (χ2v) is 2.99. The predicted molar refractivity (Wildman–Crippen MR) is 55.8 cm³/mol. The van der Waals surface area contributed by atoms with Gasteiger partial charge in [0.1, 0.15) is 0 Å². The van der Waals surface area contributed by atoms with Gasteiger partial charge in [0.25, 0.3) is 0 Å².